The van der Waals surface area contributed by atoms with E-state index >= 15 is 0 Å². The topological polar surface area (TPSA) is 92.4 Å². The number of rotatable bonds is 4. The number of pyridine rings is 2. The molecule has 0 aliphatic carbocycles. The molecular weight excluding hydrogens is 270 g/mol. The van der Waals surface area contributed by atoms with E-state index in [1.807, 2.05) is 13.8 Å². The monoisotopic (exact) mass is 283 g/mol. The van der Waals surface area contributed by atoms with Crippen molar-refractivity contribution in [1.82, 2.24) is 9.97 Å². The zero-order chi connectivity index (χ0) is 14.8. The van der Waals surface area contributed by atoms with Gasteiger partial charge >= 0.3 is 0 Å². The second-order valence-corrected chi connectivity index (χ2v) is 4.23. The van der Waals surface area contributed by atoms with Crippen LogP contribution in [0.1, 0.15) is 19.4 Å². The van der Waals surface area contributed by atoms with Crippen molar-refractivity contribution in [2.45, 2.75) is 13.8 Å². The molecule has 1 aliphatic heterocycles. The summed E-state index contributed by atoms with van der Waals surface area (Å²) in [5.74, 6) is 1.78. The lowest BCUT2D eigenvalue weighted by atomic mass is 10.1. The lowest BCUT2D eigenvalue weighted by molar-refractivity contribution is 0.326. The molecule has 0 saturated carbocycles. The number of aliphatic imine (C=N–C) groups is 1. The molecule has 0 unspecified atom stereocenters. The van der Waals surface area contributed by atoms with Gasteiger partial charge in [-0.05, 0) is 13.8 Å². The minimum absolute atomic E-state index is 0.279. The second-order valence-electron chi connectivity index (χ2n) is 4.23. The molecule has 2 aromatic heterocycles. The number of hydrogen-bond donors (Lipinski definition) is 1. The van der Waals surface area contributed by atoms with Crippen LogP contribution in [0.5, 0.6) is 11.8 Å². The zero-order valence-corrected chi connectivity index (χ0v) is 11.7. The fourth-order valence-electron chi connectivity index (χ4n) is 2.19. The highest BCUT2D eigenvalue weighted by Gasteiger charge is 2.21. The van der Waals surface area contributed by atoms with Gasteiger partial charge in [-0.25, -0.2) is 4.99 Å². The minimum atomic E-state index is 0.279. The molecule has 21 heavy (non-hydrogen) atoms. The Morgan fingerprint density at radius 2 is 2.05 bits per heavy atom. The van der Waals surface area contributed by atoms with Gasteiger partial charge in [-0.2, -0.15) is 15.2 Å². The summed E-state index contributed by atoms with van der Waals surface area (Å²) >= 11 is 0. The lowest BCUT2D eigenvalue weighted by Gasteiger charge is -2.16. The molecule has 2 aromatic rings. The summed E-state index contributed by atoms with van der Waals surface area (Å²) in [6.45, 7) is 4.63. The van der Waals surface area contributed by atoms with Crippen LogP contribution in [-0.4, -0.2) is 29.5 Å². The van der Waals surface area contributed by atoms with Crippen molar-refractivity contribution in [3.8, 4) is 17.8 Å². The van der Waals surface area contributed by atoms with Gasteiger partial charge in [-0.1, -0.05) is 0 Å². The predicted molar refractivity (Wildman–Crippen MR) is 78.4 cm³/mol. The van der Waals surface area contributed by atoms with E-state index in [-0.39, 0.29) is 5.88 Å². The van der Waals surface area contributed by atoms with Gasteiger partial charge in [0.25, 0.3) is 0 Å². The van der Waals surface area contributed by atoms with Gasteiger partial charge in [0.2, 0.25) is 11.8 Å². The SMILES string of the molecule is CCOc1cc2c(C#N)c(OCC)nc3c2c(n1)NC=N3. The molecule has 0 saturated heterocycles. The Kier molecular flexibility index (Phi) is 3.28. The summed E-state index contributed by atoms with van der Waals surface area (Å²) in [6.07, 6.45) is 1.51. The summed E-state index contributed by atoms with van der Waals surface area (Å²) in [4.78, 5) is 12.8. The van der Waals surface area contributed by atoms with Crippen LogP contribution in [0.3, 0.4) is 0 Å². The van der Waals surface area contributed by atoms with Crippen molar-refractivity contribution < 1.29 is 9.47 Å². The van der Waals surface area contributed by atoms with Crippen LogP contribution < -0.4 is 14.8 Å². The number of nitrogens with zero attached hydrogens (tertiary/aromatic N) is 4. The van der Waals surface area contributed by atoms with E-state index in [4.69, 9.17) is 9.47 Å². The summed E-state index contributed by atoms with van der Waals surface area (Å²) in [7, 11) is 0. The third-order valence-electron chi connectivity index (χ3n) is 2.98. The van der Waals surface area contributed by atoms with Crippen molar-refractivity contribution in [2.24, 2.45) is 4.99 Å². The van der Waals surface area contributed by atoms with Gasteiger partial charge in [-0.15, -0.1) is 0 Å². The Balaban J connectivity index is 2.36. The molecule has 7 nitrogen and oxygen atoms in total. The summed E-state index contributed by atoms with van der Waals surface area (Å²) in [5.41, 5.74) is 0.360. The summed E-state index contributed by atoms with van der Waals surface area (Å²) < 4.78 is 10.9. The Morgan fingerprint density at radius 1 is 1.24 bits per heavy atom. The molecule has 0 radical (unpaired) electrons. The molecule has 1 N–H and O–H groups in total. The average molecular weight is 283 g/mol. The third kappa shape index (κ3) is 2.10. The van der Waals surface area contributed by atoms with Gasteiger partial charge in [0.1, 0.15) is 17.5 Å². The van der Waals surface area contributed by atoms with Crippen molar-refractivity contribution in [2.75, 3.05) is 18.5 Å². The predicted octanol–water partition coefficient (Wildman–Crippen LogP) is 2.38. The molecule has 0 amide bonds. The largest absolute Gasteiger partial charge is 0.478 e. The van der Waals surface area contributed by atoms with Crippen LogP contribution >= 0.6 is 0 Å². The fourth-order valence-corrected chi connectivity index (χ4v) is 2.19. The van der Waals surface area contributed by atoms with E-state index < -0.39 is 0 Å². The molecule has 7 heteroatoms. The number of nitrogens with one attached hydrogen (secondary N) is 1. The molecule has 0 spiro atoms. The molecular formula is C14H13N5O2. The molecule has 1 aliphatic rings. The van der Waals surface area contributed by atoms with Gasteiger partial charge in [0.05, 0.1) is 24.9 Å². The zero-order valence-electron chi connectivity index (χ0n) is 11.7. The van der Waals surface area contributed by atoms with Crippen LogP contribution in [0.4, 0.5) is 11.6 Å². The first-order chi connectivity index (χ1) is 10.3. The van der Waals surface area contributed by atoms with E-state index in [0.717, 1.165) is 0 Å². The number of nitriles is 1. The van der Waals surface area contributed by atoms with Crippen LogP contribution in [-0.2, 0) is 0 Å². The average Bonchev–Trinajstić information content (AvgIpc) is 2.48. The van der Waals surface area contributed by atoms with Gasteiger partial charge in [0.15, 0.2) is 5.82 Å². The maximum Gasteiger partial charge on any atom is 0.234 e. The van der Waals surface area contributed by atoms with Crippen LogP contribution in [0.25, 0.3) is 10.8 Å². The first kappa shape index (κ1) is 13.1. The maximum atomic E-state index is 9.45. The highest BCUT2D eigenvalue weighted by molar-refractivity contribution is 6.08. The maximum absolute atomic E-state index is 9.45. The number of ether oxygens (including phenoxy) is 2. The Labute approximate surface area is 121 Å². The minimum Gasteiger partial charge on any atom is -0.478 e. The first-order valence-corrected chi connectivity index (χ1v) is 6.62. The van der Waals surface area contributed by atoms with E-state index in [1.54, 1.807) is 6.07 Å². The number of aromatic nitrogens is 2. The summed E-state index contributed by atoms with van der Waals surface area (Å²) in [5, 5.41) is 13.8. The van der Waals surface area contributed by atoms with E-state index in [1.165, 1.54) is 6.34 Å². The standard InChI is InChI=1S/C14H13N5O2/c1-3-20-10-5-8-9(6-15)14(21-4-2)19-13-11(8)12(18-10)16-7-17-13/h5,7H,3-4H2,1-2H3,(H,16,17,18,19). The molecule has 0 aromatic carbocycles. The third-order valence-corrected chi connectivity index (χ3v) is 2.98. The molecule has 0 bridgehead atoms. The molecule has 0 fully saturated rings. The fraction of sp³-hybridized carbons (Fsp3) is 0.286. The normalized spacial score (nSPS) is 11.9. The lowest BCUT2D eigenvalue weighted by Crippen LogP contribution is -2.07. The molecule has 3 rings (SSSR count). The smallest absolute Gasteiger partial charge is 0.234 e. The Bertz CT molecular complexity index is 779. The number of anilines is 1. The van der Waals surface area contributed by atoms with Crippen LogP contribution in [0.15, 0.2) is 11.1 Å². The second kappa shape index (κ2) is 5.25. The van der Waals surface area contributed by atoms with Gasteiger partial charge < -0.3 is 14.8 Å². The van der Waals surface area contributed by atoms with Gasteiger partial charge in [-0.3, -0.25) is 0 Å². The van der Waals surface area contributed by atoms with Crippen LogP contribution in [0, 0.1) is 11.3 Å². The number of hydrogen-bond acceptors (Lipinski definition) is 7. The van der Waals surface area contributed by atoms with E-state index in [9.17, 15) is 5.26 Å². The van der Waals surface area contributed by atoms with Crippen LogP contribution in [0.2, 0.25) is 0 Å². The summed E-state index contributed by atoms with van der Waals surface area (Å²) in [6, 6.07) is 3.86. The molecule has 106 valence electrons. The molecule has 3 heterocycles. The van der Waals surface area contributed by atoms with Crippen molar-refractivity contribution >= 4 is 28.7 Å². The Morgan fingerprint density at radius 3 is 2.76 bits per heavy atom. The molecule has 0 atom stereocenters. The van der Waals surface area contributed by atoms with Gasteiger partial charge in [0, 0.05) is 11.5 Å². The van der Waals surface area contributed by atoms with Crippen molar-refractivity contribution in [3.05, 3.63) is 11.6 Å². The van der Waals surface area contributed by atoms with E-state index in [0.29, 0.717) is 47.1 Å². The highest BCUT2D eigenvalue weighted by Crippen LogP contribution is 2.39. The van der Waals surface area contributed by atoms with E-state index in [2.05, 4.69) is 26.3 Å². The van der Waals surface area contributed by atoms with Crippen molar-refractivity contribution in [3.63, 3.8) is 0 Å². The first-order valence-electron chi connectivity index (χ1n) is 6.62. The highest BCUT2D eigenvalue weighted by atomic mass is 16.5. The Hall–Kier alpha value is -2.88. The quantitative estimate of drug-likeness (QED) is 0.926. The van der Waals surface area contributed by atoms with Crippen molar-refractivity contribution in [1.29, 1.82) is 5.26 Å².